The van der Waals surface area contributed by atoms with Crippen LogP contribution < -0.4 is 0 Å². The van der Waals surface area contributed by atoms with Gasteiger partial charge in [0.15, 0.2) is 0 Å². The molecule has 2 saturated heterocycles. The summed E-state index contributed by atoms with van der Waals surface area (Å²) < 4.78 is 0. The Bertz CT molecular complexity index is 643. The Morgan fingerprint density at radius 2 is 1.80 bits per heavy atom. The van der Waals surface area contributed by atoms with E-state index >= 15 is 0 Å². The first-order valence-corrected chi connectivity index (χ1v) is 9.23. The summed E-state index contributed by atoms with van der Waals surface area (Å²) in [6.45, 7) is 12.1. The number of carbonyl (C=O) groups excluding carboxylic acids is 1. The van der Waals surface area contributed by atoms with E-state index in [1.165, 1.54) is 5.56 Å². The highest BCUT2D eigenvalue weighted by Gasteiger charge is 2.37. The maximum absolute atomic E-state index is 11.5. The smallest absolute Gasteiger partial charge is 0.219 e. The molecule has 25 heavy (non-hydrogen) atoms. The Kier molecular flexibility index (Phi) is 5.41. The van der Waals surface area contributed by atoms with E-state index in [0.29, 0.717) is 23.6 Å². The lowest BCUT2D eigenvalue weighted by Crippen LogP contribution is -2.53. The second kappa shape index (κ2) is 7.55. The summed E-state index contributed by atoms with van der Waals surface area (Å²) in [5.74, 6) is 0.819. The molecule has 3 rings (SSSR count). The summed E-state index contributed by atoms with van der Waals surface area (Å²) in [6, 6.07) is 11.1. The number of rotatable bonds is 3. The van der Waals surface area contributed by atoms with Crippen LogP contribution in [-0.4, -0.2) is 65.9 Å². The summed E-state index contributed by atoms with van der Waals surface area (Å²) >= 11 is 0. The van der Waals surface area contributed by atoms with E-state index in [-0.39, 0.29) is 5.91 Å². The highest BCUT2D eigenvalue weighted by atomic mass is 16.2. The number of nitriles is 1. The first-order valence-electron chi connectivity index (χ1n) is 9.23. The number of hydrogen-bond acceptors (Lipinski definition) is 4. The van der Waals surface area contributed by atoms with Crippen LogP contribution in [0.3, 0.4) is 0 Å². The first-order chi connectivity index (χ1) is 12.0. The van der Waals surface area contributed by atoms with Crippen LogP contribution in [0.15, 0.2) is 24.3 Å². The molecule has 0 saturated carbocycles. The van der Waals surface area contributed by atoms with Gasteiger partial charge in [-0.25, -0.2) is 0 Å². The molecular formula is C20H28N4O. The van der Waals surface area contributed by atoms with Gasteiger partial charge in [-0.3, -0.25) is 14.6 Å². The molecule has 134 valence electrons. The minimum absolute atomic E-state index is 0.190. The summed E-state index contributed by atoms with van der Waals surface area (Å²) in [4.78, 5) is 18.6. The number of likely N-dealkylation sites (tertiary alicyclic amines) is 1. The first kappa shape index (κ1) is 17.9. The van der Waals surface area contributed by atoms with Gasteiger partial charge in [0.1, 0.15) is 0 Å². The van der Waals surface area contributed by atoms with Gasteiger partial charge in [0.25, 0.3) is 0 Å². The van der Waals surface area contributed by atoms with Crippen molar-refractivity contribution in [2.45, 2.75) is 32.9 Å². The molecule has 0 unspecified atom stereocenters. The summed E-state index contributed by atoms with van der Waals surface area (Å²) in [5.41, 5.74) is 1.99. The van der Waals surface area contributed by atoms with Gasteiger partial charge in [0.2, 0.25) is 5.91 Å². The molecule has 1 aromatic carbocycles. The van der Waals surface area contributed by atoms with Crippen molar-refractivity contribution in [2.75, 3.05) is 39.3 Å². The zero-order chi connectivity index (χ0) is 18.0. The van der Waals surface area contributed by atoms with E-state index < -0.39 is 0 Å². The van der Waals surface area contributed by atoms with Crippen molar-refractivity contribution in [3.05, 3.63) is 35.4 Å². The SMILES string of the molecule is CC(=O)N1CCN([C@@H]2CN([C@@H](C)c3ccc(C#N)cc3)C[C@H]2C)CC1. The zero-order valence-corrected chi connectivity index (χ0v) is 15.5. The standard InChI is InChI=1S/C20H28N4O/c1-15-13-24(16(2)19-6-4-18(12-21)5-7-19)14-20(15)23-10-8-22(9-11-23)17(3)25/h4-7,15-16,20H,8-11,13-14H2,1-3H3/t15-,16+,20-/m1/s1. The molecule has 0 aliphatic carbocycles. The molecule has 2 heterocycles. The fourth-order valence-corrected chi connectivity index (χ4v) is 4.19. The molecule has 1 aromatic rings. The monoisotopic (exact) mass is 340 g/mol. The lowest BCUT2D eigenvalue weighted by Gasteiger charge is -2.39. The third-order valence-electron chi connectivity index (χ3n) is 5.90. The van der Waals surface area contributed by atoms with Crippen molar-refractivity contribution in [3.63, 3.8) is 0 Å². The zero-order valence-electron chi connectivity index (χ0n) is 15.5. The fraction of sp³-hybridized carbons (Fsp3) is 0.600. The Balaban J connectivity index is 1.61. The normalized spacial score (nSPS) is 26.4. The van der Waals surface area contributed by atoms with Crippen LogP contribution in [0.2, 0.25) is 0 Å². The number of benzene rings is 1. The van der Waals surface area contributed by atoms with Crippen LogP contribution in [0.1, 0.15) is 37.9 Å². The maximum Gasteiger partial charge on any atom is 0.219 e. The van der Waals surface area contributed by atoms with Crippen LogP contribution in [0.5, 0.6) is 0 Å². The van der Waals surface area contributed by atoms with Gasteiger partial charge in [0, 0.05) is 58.3 Å². The molecule has 0 bridgehead atoms. The van der Waals surface area contributed by atoms with E-state index in [1.807, 2.05) is 17.0 Å². The number of nitrogens with zero attached hydrogens (tertiary/aromatic N) is 4. The van der Waals surface area contributed by atoms with Gasteiger partial charge in [-0.1, -0.05) is 19.1 Å². The topological polar surface area (TPSA) is 50.6 Å². The van der Waals surface area contributed by atoms with Crippen LogP contribution in [-0.2, 0) is 4.79 Å². The Morgan fingerprint density at radius 3 is 2.36 bits per heavy atom. The highest BCUT2D eigenvalue weighted by Crippen LogP contribution is 2.30. The molecule has 3 atom stereocenters. The Labute approximate surface area is 150 Å². The molecule has 0 aromatic heterocycles. The maximum atomic E-state index is 11.5. The lowest BCUT2D eigenvalue weighted by molar-refractivity contribution is -0.130. The highest BCUT2D eigenvalue weighted by molar-refractivity contribution is 5.73. The minimum atomic E-state index is 0.190. The average Bonchev–Trinajstić information content (AvgIpc) is 3.03. The number of hydrogen-bond donors (Lipinski definition) is 0. The fourth-order valence-electron chi connectivity index (χ4n) is 4.19. The molecule has 2 aliphatic heterocycles. The van der Waals surface area contributed by atoms with E-state index in [0.717, 1.165) is 39.3 Å². The molecule has 2 aliphatic rings. The average molecular weight is 340 g/mol. The number of amides is 1. The van der Waals surface area contributed by atoms with Gasteiger partial charge in [-0.05, 0) is 30.5 Å². The van der Waals surface area contributed by atoms with Crippen molar-refractivity contribution in [1.29, 1.82) is 5.26 Å². The predicted molar refractivity (Wildman–Crippen MR) is 97.9 cm³/mol. The molecular weight excluding hydrogens is 312 g/mol. The lowest BCUT2D eigenvalue weighted by atomic mass is 10.0. The van der Waals surface area contributed by atoms with Crippen molar-refractivity contribution >= 4 is 5.91 Å². The van der Waals surface area contributed by atoms with Gasteiger partial charge >= 0.3 is 0 Å². The third kappa shape index (κ3) is 3.86. The Hall–Kier alpha value is -1.90. The van der Waals surface area contributed by atoms with Crippen molar-refractivity contribution in [2.24, 2.45) is 5.92 Å². The third-order valence-corrected chi connectivity index (χ3v) is 5.90. The minimum Gasteiger partial charge on any atom is -0.340 e. The summed E-state index contributed by atoms with van der Waals surface area (Å²) in [7, 11) is 0. The van der Waals surface area contributed by atoms with Gasteiger partial charge < -0.3 is 4.90 Å². The van der Waals surface area contributed by atoms with Gasteiger partial charge in [0.05, 0.1) is 11.6 Å². The van der Waals surface area contributed by atoms with E-state index in [2.05, 4.69) is 41.8 Å². The van der Waals surface area contributed by atoms with E-state index in [1.54, 1.807) is 6.92 Å². The molecule has 5 heteroatoms. The van der Waals surface area contributed by atoms with E-state index in [4.69, 9.17) is 5.26 Å². The number of carbonyl (C=O) groups is 1. The van der Waals surface area contributed by atoms with E-state index in [9.17, 15) is 4.79 Å². The number of piperazine rings is 1. The van der Waals surface area contributed by atoms with Gasteiger partial charge in [-0.15, -0.1) is 0 Å². The summed E-state index contributed by atoms with van der Waals surface area (Å²) in [5, 5.41) is 8.95. The quantitative estimate of drug-likeness (QED) is 0.846. The predicted octanol–water partition coefficient (Wildman–Crippen LogP) is 2.10. The second-order valence-corrected chi connectivity index (χ2v) is 7.45. The molecule has 0 spiro atoms. The Morgan fingerprint density at radius 1 is 1.16 bits per heavy atom. The van der Waals surface area contributed by atoms with Crippen LogP contribution >= 0.6 is 0 Å². The van der Waals surface area contributed by atoms with Gasteiger partial charge in [-0.2, -0.15) is 5.26 Å². The van der Waals surface area contributed by atoms with Crippen LogP contribution in [0.4, 0.5) is 0 Å². The molecule has 1 amide bonds. The molecule has 5 nitrogen and oxygen atoms in total. The van der Waals surface area contributed by atoms with Crippen LogP contribution in [0.25, 0.3) is 0 Å². The molecule has 2 fully saturated rings. The largest absolute Gasteiger partial charge is 0.340 e. The van der Waals surface area contributed by atoms with Crippen LogP contribution in [0, 0.1) is 17.2 Å². The second-order valence-electron chi connectivity index (χ2n) is 7.45. The summed E-state index contributed by atoms with van der Waals surface area (Å²) in [6.07, 6.45) is 0. The van der Waals surface area contributed by atoms with Crippen molar-refractivity contribution in [1.82, 2.24) is 14.7 Å². The molecule has 0 N–H and O–H groups in total. The molecule has 0 radical (unpaired) electrons. The van der Waals surface area contributed by atoms with Crippen molar-refractivity contribution in [3.8, 4) is 6.07 Å². The van der Waals surface area contributed by atoms with Crippen molar-refractivity contribution < 1.29 is 4.79 Å².